The molecular weight excluding hydrogens is 370 g/mol. The molecule has 150 valence electrons. The summed E-state index contributed by atoms with van der Waals surface area (Å²) >= 11 is 1.47. The van der Waals surface area contributed by atoms with E-state index < -0.39 is 0 Å². The number of aryl methyl sites for hydroxylation is 1. The molecule has 0 bridgehead atoms. The summed E-state index contributed by atoms with van der Waals surface area (Å²) in [4.78, 5) is 20.8. The second-order valence-electron chi connectivity index (χ2n) is 7.87. The van der Waals surface area contributed by atoms with Crippen molar-refractivity contribution < 1.29 is 9.53 Å². The fraction of sp³-hybridized carbons (Fsp3) is 0.545. The number of nitrogens with zero attached hydrogens (tertiary/aromatic N) is 2. The van der Waals surface area contributed by atoms with Crippen molar-refractivity contribution in [2.75, 3.05) is 26.7 Å². The van der Waals surface area contributed by atoms with E-state index >= 15 is 0 Å². The standard InChI is InChI=1S/C22H29N3O2S/c1-15-20(28-22(24-15)16-8-10-18(27-2)11-9-16)21(26)23-14-17-6-5-13-25-12-4-3-7-19(17)25/h8-11,17,19H,3-7,12-14H2,1-2H3,(H,23,26)/t17-,19-/m1/s1. The SMILES string of the molecule is COc1ccc(-c2nc(C)c(C(=O)NC[C@H]3CCCN4CCCC[C@H]34)s2)cc1. The Morgan fingerprint density at radius 3 is 2.79 bits per heavy atom. The molecule has 2 aromatic rings. The third-order valence-corrected chi connectivity index (χ3v) is 7.30. The molecule has 2 atom stereocenters. The van der Waals surface area contributed by atoms with Crippen LogP contribution in [-0.4, -0.2) is 48.6 Å². The Balaban J connectivity index is 1.41. The maximum atomic E-state index is 12.8. The Labute approximate surface area is 171 Å². The molecule has 1 amide bonds. The van der Waals surface area contributed by atoms with Crippen molar-refractivity contribution in [2.45, 2.75) is 45.1 Å². The summed E-state index contributed by atoms with van der Waals surface area (Å²) in [5, 5.41) is 4.09. The highest BCUT2D eigenvalue weighted by atomic mass is 32.1. The second-order valence-corrected chi connectivity index (χ2v) is 8.87. The third kappa shape index (κ3) is 4.08. The molecule has 1 aromatic heterocycles. The molecule has 2 fully saturated rings. The number of aromatic nitrogens is 1. The maximum absolute atomic E-state index is 12.8. The van der Waals surface area contributed by atoms with Crippen molar-refractivity contribution in [3.63, 3.8) is 0 Å². The van der Waals surface area contributed by atoms with E-state index in [0.29, 0.717) is 12.0 Å². The molecule has 1 aromatic carbocycles. The number of carbonyl (C=O) groups excluding carboxylic acids is 1. The van der Waals surface area contributed by atoms with Gasteiger partial charge in [0, 0.05) is 18.2 Å². The van der Waals surface area contributed by atoms with Gasteiger partial charge in [0.1, 0.15) is 15.6 Å². The molecule has 5 nitrogen and oxygen atoms in total. The number of hydrogen-bond acceptors (Lipinski definition) is 5. The number of carbonyl (C=O) groups is 1. The summed E-state index contributed by atoms with van der Waals surface area (Å²) in [6.07, 6.45) is 6.40. The lowest BCUT2D eigenvalue weighted by Crippen LogP contribution is -2.50. The number of benzene rings is 1. The van der Waals surface area contributed by atoms with E-state index in [1.165, 1.54) is 56.5 Å². The van der Waals surface area contributed by atoms with Crippen LogP contribution >= 0.6 is 11.3 Å². The zero-order valence-electron chi connectivity index (χ0n) is 16.7. The van der Waals surface area contributed by atoms with E-state index in [4.69, 9.17) is 4.74 Å². The van der Waals surface area contributed by atoms with E-state index in [2.05, 4.69) is 15.2 Å². The van der Waals surface area contributed by atoms with E-state index in [-0.39, 0.29) is 5.91 Å². The van der Waals surface area contributed by atoms with Crippen LogP contribution in [0.3, 0.4) is 0 Å². The van der Waals surface area contributed by atoms with Crippen molar-refractivity contribution in [1.82, 2.24) is 15.2 Å². The molecule has 2 aliphatic rings. The largest absolute Gasteiger partial charge is 0.497 e. The lowest BCUT2D eigenvalue weighted by atomic mass is 9.83. The monoisotopic (exact) mass is 399 g/mol. The molecule has 1 N–H and O–H groups in total. The van der Waals surface area contributed by atoms with Crippen LogP contribution in [0, 0.1) is 12.8 Å². The summed E-state index contributed by atoms with van der Waals surface area (Å²) in [5.74, 6) is 1.41. The first kappa shape index (κ1) is 19.4. The van der Waals surface area contributed by atoms with Gasteiger partial charge < -0.3 is 15.0 Å². The van der Waals surface area contributed by atoms with Crippen molar-refractivity contribution >= 4 is 17.2 Å². The van der Waals surface area contributed by atoms with Gasteiger partial charge in [-0.3, -0.25) is 4.79 Å². The number of nitrogens with one attached hydrogen (secondary N) is 1. The van der Waals surface area contributed by atoms with E-state index in [1.54, 1.807) is 7.11 Å². The first-order valence-corrected chi connectivity index (χ1v) is 11.1. The van der Waals surface area contributed by atoms with E-state index in [0.717, 1.165) is 33.4 Å². The molecule has 0 spiro atoms. The van der Waals surface area contributed by atoms with Gasteiger partial charge in [-0.15, -0.1) is 11.3 Å². The molecule has 0 unspecified atom stereocenters. The Morgan fingerprint density at radius 1 is 1.21 bits per heavy atom. The fourth-order valence-corrected chi connectivity index (χ4v) is 5.57. The summed E-state index contributed by atoms with van der Waals surface area (Å²) < 4.78 is 5.21. The molecule has 4 rings (SSSR count). The van der Waals surface area contributed by atoms with Crippen molar-refractivity contribution in [1.29, 1.82) is 0 Å². The molecule has 0 saturated carbocycles. The van der Waals surface area contributed by atoms with Gasteiger partial charge in [0.25, 0.3) is 5.91 Å². The van der Waals surface area contributed by atoms with Crippen LogP contribution in [0.1, 0.15) is 47.5 Å². The van der Waals surface area contributed by atoms with Gasteiger partial charge in [-0.2, -0.15) is 0 Å². The maximum Gasteiger partial charge on any atom is 0.263 e. The van der Waals surface area contributed by atoms with Crippen molar-refractivity contribution in [3.8, 4) is 16.3 Å². The van der Waals surface area contributed by atoms with Gasteiger partial charge >= 0.3 is 0 Å². The Hall–Kier alpha value is -1.92. The Morgan fingerprint density at radius 2 is 2.00 bits per heavy atom. The lowest BCUT2D eigenvalue weighted by molar-refractivity contribution is 0.0576. The molecule has 2 aliphatic heterocycles. The summed E-state index contributed by atoms with van der Waals surface area (Å²) in [6.45, 7) is 5.15. The second kappa shape index (κ2) is 8.62. The van der Waals surface area contributed by atoms with Gasteiger partial charge in [0.2, 0.25) is 0 Å². The fourth-order valence-electron chi connectivity index (χ4n) is 4.58. The van der Waals surface area contributed by atoms with Crippen LogP contribution in [-0.2, 0) is 0 Å². The minimum Gasteiger partial charge on any atom is -0.497 e. The molecule has 28 heavy (non-hydrogen) atoms. The van der Waals surface area contributed by atoms with Gasteiger partial charge in [-0.25, -0.2) is 4.98 Å². The highest BCUT2D eigenvalue weighted by Gasteiger charge is 2.33. The predicted molar refractivity (Wildman–Crippen MR) is 113 cm³/mol. The van der Waals surface area contributed by atoms with Crippen molar-refractivity contribution in [2.24, 2.45) is 5.92 Å². The van der Waals surface area contributed by atoms with Crippen LogP contribution < -0.4 is 10.1 Å². The van der Waals surface area contributed by atoms with E-state index in [1.807, 2.05) is 31.2 Å². The van der Waals surface area contributed by atoms with Crippen molar-refractivity contribution in [3.05, 3.63) is 34.8 Å². The van der Waals surface area contributed by atoms with Crippen LogP contribution in [0.25, 0.3) is 10.6 Å². The zero-order valence-corrected chi connectivity index (χ0v) is 17.6. The van der Waals surface area contributed by atoms with Gasteiger partial charge in [0.15, 0.2) is 0 Å². The first-order valence-electron chi connectivity index (χ1n) is 10.3. The van der Waals surface area contributed by atoms with Gasteiger partial charge in [-0.1, -0.05) is 6.42 Å². The predicted octanol–water partition coefficient (Wildman–Crippen LogP) is 4.12. The first-order chi connectivity index (χ1) is 13.7. The Kier molecular flexibility index (Phi) is 5.97. The molecule has 2 saturated heterocycles. The lowest BCUT2D eigenvalue weighted by Gasteiger charge is -2.44. The smallest absolute Gasteiger partial charge is 0.263 e. The molecule has 3 heterocycles. The topological polar surface area (TPSA) is 54.5 Å². The molecule has 0 aliphatic carbocycles. The average molecular weight is 400 g/mol. The normalized spacial score (nSPS) is 22.5. The number of amides is 1. The van der Waals surface area contributed by atoms with Gasteiger partial charge in [-0.05, 0) is 75.9 Å². The highest BCUT2D eigenvalue weighted by molar-refractivity contribution is 7.17. The Bertz CT molecular complexity index is 816. The number of rotatable bonds is 5. The van der Waals surface area contributed by atoms with Crippen LogP contribution in [0.5, 0.6) is 5.75 Å². The number of methoxy groups -OCH3 is 1. The van der Waals surface area contributed by atoms with Crippen LogP contribution in [0.2, 0.25) is 0 Å². The minimum absolute atomic E-state index is 0.0164. The van der Waals surface area contributed by atoms with Crippen LogP contribution in [0.15, 0.2) is 24.3 Å². The molecular formula is C22H29N3O2S. The van der Waals surface area contributed by atoms with Crippen LogP contribution in [0.4, 0.5) is 0 Å². The van der Waals surface area contributed by atoms with Gasteiger partial charge in [0.05, 0.1) is 12.8 Å². The summed E-state index contributed by atoms with van der Waals surface area (Å²) in [6, 6.07) is 8.47. The summed E-state index contributed by atoms with van der Waals surface area (Å²) in [7, 11) is 1.66. The number of thiazole rings is 1. The average Bonchev–Trinajstić information content (AvgIpc) is 3.13. The molecule has 0 radical (unpaired) electrons. The zero-order chi connectivity index (χ0) is 19.5. The number of piperidine rings is 2. The number of ether oxygens (including phenoxy) is 1. The third-order valence-electron chi connectivity index (χ3n) is 6.09. The summed E-state index contributed by atoms with van der Waals surface area (Å²) in [5.41, 5.74) is 1.81. The highest BCUT2D eigenvalue weighted by Crippen LogP contribution is 2.31. The quantitative estimate of drug-likeness (QED) is 0.822. The molecule has 6 heteroatoms. The number of hydrogen-bond donors (Lipinski definition) is 1. The van der Waals surface area contributed by atoms with E-state index in [9.17, 15) is 4.79 Å². The minimum atomic E-state index is 0.0164. The number of fused-ring (bicyclic) bond motifs is 1.